The van der Waals surface area contributed by atoms with Crippen molar-refractivity contribution in [2.75, 3.05) is 24.3 Å². The first kappa shape index (κ1) is 19.7. The molecular weight excluding hydrogens is 403 g/mol. The summed E-state index contributed by atoms with van der Waals surface area (Å²) in [5.74, 6) is 0.545. The second-order valence-corrected chi connectivity index (χ2v) is 7.11. The Labute approximate surface area is 163 Å². The summed E-state index contributed by atoms with van der Waals surface area (Å²) in [6.45, 7) is 1.11. The van der Waals surface area contributed by atoms with Crippen LogP contribution in [0.3, 0.4) is 0 Å². The van der Waals surface area contributed by atoms with E-state index >= 15 is 0 Å². The van der Waals surface area contributed by atoms with Crippen LogP contribution in [0.5, 0.6) is 11.5 Å². The third-order valence-corrected chi connectivity index (χ3v) is 4.98. The van der Waals surface area contributed by atoms with Gasteiger partial charge in [0.15, 0.2) is 11.5 Å². The van der Waals surface area contributed by atoms with Crippen molar-refractivity contribution >= 4 is 35.0 Å². The second-order valence-electron chi connectivity index (χ2n) is 5.66. The number of hydrogen-bond acceptors (Lipinski definition) is 4. The normalized spacial score (nSPS) is 13.8. The Bertz CT molecular complexity index is 845. The van der Waals surface area contributed by atoms with Crippen molar-refractivity contribution in [3.63, 3.8) is 0 Å². The van der Waals surface area contributed by atoms with E-state index in [0.717, 1.165) is 17.4 Å². The SMILES string of the molecule is O=C(CSc1ccc2c(c1)OCCCO2)Nc1c(Cl)cccc1C(F)(F)F. The number of carbonyl (C=O) groups excluding carboxylic acids is 1. The van der Waals surface area contributed by atoms with Crippen LogP contribution >= 0.6 is 23.4 Å². The molecule has 1 N–H and O–H groups in total. The number of nitrogens with one attached hydrogen (secondary N) is 1. The Morgan fingerprint density at radius 1 is 1.15 bits per heavy atom. The summed E-state index contributed by atoms with van der Waals surface area (Å²) >= 11 is 7.01. The number of amides is 1. The molecule has 1 heterocycles. The molecule has 27 heavy (non-hydrogen) atoms. The summed E-state index contributed by atoms with van der Waals surface area (Å²) in [6, 6.07) is 8.61. The quantitative estimate of drug-likeness (QED) is 0.690. The van der Waals surface area contributed by atoms with Crippen LogP contribution in [-0.4, -0.2) is 24.9 Å². The molecule has 0 spiro atoms. The molecule has 1 amide bonds. The van der Waals surface area contributed by atoms with Gasteiger partial charge in [0.2, 0.25) is 5.91 Å². The van der Waals surface area contributed by atoms with Crippen molar-refractivity contribution in [3.8, 4) is 11.5 Å². The third-order valence-electron chi connectivity index (χ3n) is 3.67. The van der Waals surface area contributed by atoms with Crippen LogP contribution in [-0.2, 0) is 11.0 Å². The van der Waals surface area contributed by atoms with Gasteiger partial charge in [-0.2, -0.15) is 13.2 Å². The molecular formula is C18H15ClF3NO3S. The Morgan fingerprint density at radius 2 is 1.89 bits per heavy atom. The largest absolute Gasteiger partial charge is 0.490 e. The summed E-state index contributed by atoms with van der Waals surface area (Å²) in [5, 5.41) is 2.09. The average Bonchev–Trinajstić information content (AvgIpc) is 2.85. The van der Waals surface area contributed by atoms with E-state index < -0.39 is 23.3 Å². The number of alkyl halides is 3. The summed E-state index contributed by atoms with van der Waals surface area (Å²) in [4.78, 5) is 12.9. The first-order chi connectivity index (χ1) is 12.8. The lowest BCUT2D eigenvalue weighted by molar-refractivity contribution is -0.137. The highest BCUT2D eigenvalue weighted by atomic mass is 35.5. The minimum Gasteiger partial charge on any atom is -0.490 e. The minimum absolute atomic E-state index is 0.0812. The monoisotopic (exact) mass is 417 g/mol. The first-order valence-electron chi connectivity index (χ1n) is 8.02. The predicted octanol–water partition coefficient (Wildman–Crippen LogP) is 5.25. The van der Waals surface area contributed by atoms with E-state index in [1.807, 2.05) is 0 Å². The molecule has 0 aromatic heterocycles. The molecule has 0 atom stereocenters. The molecule has 3 rings (SSSR count). The number of anilines is 1. The van der Waals surface area contributed by atoms with Gasteiger partial charge in [0.1, 0.15) is 0 Å². The van der Waals surface area contributed by atoms with Crippen LogP contribution in [0.4, 0.5) is 18.9 Å². The lowest BCUT2D eigenvalue weighted by Crippen LogP contribution is -2.18. The second kappa shape index (κ2) is 8.31. The maximum Gasteiger partial charge on any atom is 0.418 e. The Hall–Kier alpha value is -2.06. The highest BCUT2D eigenvalue weighted by molar-refractivity contribution is 8.00. The van der Waals surface area contributed by atoms with Crippen molar-refractivity contribution in [1.82, 2.24) is 0 Å². The molecule has 0 unspecified atom stereocenters. The molecule has 144 valence electrons. The molecule has 0 saturated carbocycles. The molecule has 0 fully saturated rings. The number of benzene rings is 2. The number of fused-ring (bicyclic) bond motifs is 1. The van der Waals surface area contributed by atoms with Gasteiger partial charge in [-0.3, -0.25) is 4.79 Å². The van der Waals surface area contributed by atoms with E-state index in [0.29, 0.717) is 24.7 Å². The van der Waals surface area contributed by atoms with Gasteiger partial charge in [-0.25, -0.2) is 0 Å². The lowest BCUT2D eigenvalue weighted by atomic mass is 10.1. The highest BCUT2D eigenvalue weighted by Gasteiger charge is 2.34. The van der Waals surface area contributed by atoms with Gasteiger partial charge in [-0.15, -0.1) is 11.8 Å². The Morgan fingerprint density at radius 3 is 2.63 bits per heavy atom. The van der Waals surface area contributed by atoms with Crippen LogP contribution in [0.2, 0.25) is 5.02 Å². The number of para-hydroxylation sites is 1. The lowest BCUT2D eigenvalue weighted by Gasteiger charge is -2.15. The van der Waals surface area contributed by atoms with Crippen molar-refractivity contribution in [1.29, 1.82) is 0 Å². The van der Waals surface area contributed by atoms with Gasteiger partial charge in [0.05, 0.1) is 35.2 Å². The maximum absolute atomic E-state index is 13.1. The zero-order chi connectivity index (χ0) is 19.4. The number of thioether (sulfide) groups is 1. The number of rotatable bonds is 4. The van der Waals surface area contributed by atoms with Crippen LogP contribution < -0.4 is 14.8 Å². The zero-order valence-corrected chi connectivity index (χ0v) is 15.5. The van der Waals surface area contributed by atoms with E-state index in [9.17, 15) is 18.0 Å². The smallest absolute Gasteiger partial charge is 0.418 e. The van der Waals surface area contributed by atoms with E-state index in [1.54, 1.807) is 18.2 Å². The summed E-state index contributed by atoms with van der Waals surface area (Å²) in [5.41, 5.74) is -1.42. The Kier molecular flexibility index (Phi) is 6.06. The molecule has 1 aliphatic rings. The summed E-state index contributed by atoms with van der Waals surface area (Å²) in [7, 11) is 0. The molecule has 2 aromatic rings. The van der Waals surface area contributed by atoms with Gasteiger partial charge in [-0.1, -0.05) is 17.7 Å². The molecule has 2 aromatic carbocycles. The van der Waals surface area contributed by atoms with Crippen molar-refractivity contribution in [2.24, 2.45) is 0 Å². The van der Waals surface area contributed by atoms with Crippen molar-refractivity contribution < 1.29 is 27.4 Å². The Balaban J connectivity index is 1.67. The minimum atomic E-state index is -4.62. The molecule has 0 saturated heterocycles. The fourth-order valence-corrected chi connectivity index (χ4v) is 3.39. The van der Waals surface area contributed by atoms with Crippen LogP contribution in [0.1, 0.15) is 12.0 Å². The highest BCUT2D eigenvalue weighted by Crippen LogP contribution is 2.39. The van der Waals surface area contributed by atoms with E-state index in [1.165, 1.54) is 23.9 Å². The molecule has 4 nitrogen and oxygen atoms in total. The van der Waals surface area contributed by atoms with Crippen molar-refractivity contribution in [2.45, 2.75) is 17.5 Å². The number of hydrogen-bond donors (Lipinski definition) is 1. The fraction of sp³-hybridized carbons (Fsp3) is 0.278. The topological polar surface area (TPSA) is 47.6 Å². The van der Waals surface area contributed by atoms with Crippen LogP contribution in [0, 0.1) is 0 Å². The molecule has 0 aliphatic carbocycles. The molecule has 0 radical (unpaired) electrons. The predicted molar refractivity (Wildman–Crippen MR) is 97.9 cm³/mol. The summed E-state index contributed by atoms with van der Waals surface area (Å²) < 4.78 is 50.4. The summed E-state index contributed by atoms with van der Waals surface area (Å²) in [6.07, 6.45) is -3.84. The van der Waals surface area contributed by atoms with Gasteiger partial charge in [0, 0.05) is 11.3 Å². The van der Waals surface area contributed by atoms with E-state index in [-0.39, 0.29) is 10.8 Å². The van der Waals surface area contributed by atoms with Gasteiger partial charge < -0.3 is 14.8 Å². The van der Waals surface area contributed by atoms with Crippen LogP contribution in [0.25, 0.3) is 0 Å². The van der Waals surface area contributed by atoms with Crippen LogP contribution in [0.15, 0.2) is 41.3 Å². The first-order valence-corrected chi connectivity index (χ1v) is 9.39. The standard InChI is InChI=1S/C18H15ClF3NO3S/c19-13-4-1-3-12(18(20,21)22)17(13)23-16(24)10-27-11-5-6-14-15(9-11)26-8-2-7-25-14/h1,3-6,9H,2,7-8,10H2,(H,23,24). The maximum atomic E-state index is 13.1. The third kappa shape index (κ3) is 5.01. The molecule has 9 heteroatoms. The van der Waals surface area contributed by atoms with Gasteiger partial charge in [0.25, 0.3) is 0 Å². The number of ether oxygens (including phenoxy) is 2. The fourth-order valence-electron chi connectivity index (χ4n) is 2.45. The number of carbonyl (C=O) groups is 1. The van der Waals surface area contributed by atoms with E-state index in [4.69, 9.17) is 21.1 Å². The van der Waals surface area contributed by atoms with Gasteiger partial charge >= 0.3 is 6.18 Å². The zero-order valence-electron chi connectivity index (χ0n) is 13.9. The van der Waals surface area contributed by atoms with Gasteiger partial charge in [-0.05, 0) is 30.3 Å². The van der Waals surface area contributed by atoms with Crippen molar-refractivity contribution in [3.05, 3.63) is 47.0 Å². The molecule has 1 aliphatic heterocycles. The van der Waals surface area contributed by atoms with E-state index in [2.05, 4.69) is 5.32 Å². The molecule has 0 bridgehead atoms. The number of halogens is 4. The average molecular weight is 418 g/mol.